The lowest BCUT2D eigenvalue weighted by molar-refractivity contribution is 0.0954. The molecule has 3 N–H and O–H groups in total. The molecule has 0 bridgehead atoms. The minimum absolute atomic E-state index is 0.118. The van der Waals surface area contributed by atoms with Gasteiger partial charge < -0.3 is 11.1 Å². The van der Waals surface area contributed by atoms with Gasteiger partial charge in [0.15, 0.2) is 0 Å². The summed E-state index contributed by atoms with van der Waals surface area (Å²) in [6.07, 6.45) is 1.80. The van der Waals surface area contributed by atoms with Crippen molar-refractivity contribution in [1.82, 2.24) is 10.3 Å². The summed E-state index contributed by atoms with van der Waals surface area (Å²) in [6.45, 7) is 0.230. The van der Waals surface area contributed by atoms with Crippen LogP contribution in [0.2, 0.25) is 0 Å². The summed E-state index contributed by atoms with van der Waals surface area (Å²) in [7, 11) is 0. The number of carbonyl (C=O) groups is 1. The van der Waals surface area contributed by atoms with Gasteiger partial charge in [0.25, 0.3) is 5.91 Å². The SMILES string of the molecule is Nc1ncc(Br)cc1C(=O)NCCc1cc(F)cc(F)c1. The molecule has 2 aromatic rings. The molecule has 0 aliphatic carbocycles. The smallest absolute Gasteiger partial charge is 0.255 e. The molecule has 0 saturated heterocycles. The highest BCUT2D eigenvalue weighted by Crippen LogP contribution is 2.15. The number of nitrogens with zero attached hydrogens (tertiary/aromatic N) is 1. The predicted molar refractivity (Wildman–Crippen MR) is 78.7 cm³/mol. The van der Waals surface area contributed by atoms with Crippen molar-refractivity contribution in [3.8, 4) is 0 Å². The molecule has 7 heteroatoms. The number of nitrogens with two attached hydrogens (primary N) is 1. The fraction of sp³-hybridized carbons (Fsp3) is 0.143. The van der Waals surface area contributed by atoms with Crippen LogP contribution >= 0.6 is 15.9 Å². The Kier molecular flexibility index (Phi) is 4.85. The molecule has 1 aromatic heterocycles. The zero-order chi connectivity index (χ0) is 15.4. The fourth-order valence-electron chi connectivity index (χ4n) is 1.80. The van der Waals surface area contributed by atoms with Crippen LogP contribution in [0.5, 0.6) is 0 Å². The third-order valence-electron chi connectivity index (χ3n) is 2.75. The number of nitrogens with one attached hydrogen (secondary N) is 1. The Morgan fingerprint density at radius 1 is 1.24 bits per heavy atom. The highest BCUT2D eigenvalue weighted by atomic mass is 79.9. The van der Waals surface area contributed by atoms with E-state index in [4.69, 9.17) is 5.73 Å². The number of anilines is 1. The first-order valence-electron chi connectivity index (χ1n) is 6.10. The standard InChI is InChI=1S/C14H12BrF2N3O/c15-9-5-12(13(18)20-7-9)14(21)19-2-1-8-3-10(16)6-11(17)4-8/h3-7H,1-2H2,(H2,18,20)(H,19,21). The van der Waals surface area contributed by atoms with Crippen molar-refractivity contribution in [2.45, 2.75) is 6.42 Å². The van der Waals surface area contributed by atoms with Gasteiger partial charge in [0.1, 0.15) is 17.5 Å². The third kappa shape index (κ3) is 4.22. The lowest BCUT2D eigenvalue weighted by Crippen LogP contribution is -2.26. The maximum atomic E-state index is 13.0. The van der Waals surface area contributed by atoms with Gasteiger partial charge in [-0.25, -0.2) is 13.8 Å². The van der Waals surface area contributed by atoms with Crippen LogP contribution in [0.15, 0.2) is 34.9 Å². The van der Waals surface area contributed by atoms with Gasteiger partial charge in [0.2, 0.25) is 0 Å². The Balaban J connectivity index is 1.96. The van der Waals surface area contributed by atoms with Crippen LogP contribution in [0, 0.1) is 11.6 Å². The van der Waals surface area contributed by atoms with E-state index in [2.05, 4.69) is 26.2 Å². The molecule has 0 atom stereocenters. The number of benzene rings is 1. The first-order chi connectivity index (χ1) is 9.95. The number of pyridine rings is 1. The van der Waals surface area contributed by atoms with Gasteiger partial charge in [-0.15, -0.1) is 0 Å². The normalized spacial score (nSPS) is 10.4. The Morgan fingerprint density at radius 2 is 1.90 bits per heavy atom. The van der Waals surface area contributed by atoms with Crippen molar-refractivity contribution in [3.63, 3.8) is 0 Å². The van der Waals surface area contributed by atoms with E-state index in [-0.39, 0.29) is 17.9 Å². The van der Waals surface area contributed by atoms with Gasteiger partial charge >= 0.3 is 0 Å². The number of rotatable bonds is 4. The van der Waals surface area contributed by atoms with Crippen LogP contribution in [-0.2, 0) is 6.42 Å². The van der Waals surface area contributed by atoms with Crippen LogP contribution in [0.25, 0.3) is 0 Å². The quantitative estimate of drug-likeness (QED) is 0.885. The van der Waals surface area contributed by atoms with Gasteiger partial charge in [0, 0.05) is 23.3 Å². The number of hydrogen-bond donors (Lipinski definition) is 2. The molecule has 0 aliphatic heterocycles. The lowest BCUT2D eigenvalue weighted by Gasteiger charge is -2.07. The molecule has 0 radical (unpaired) electrons. The molecule has 0 spiro atoms. The maximum Gasteiger partial charge on any atom is 0.255 e. The summed E-state index contributed by atoms with van der Waals surface area (Å²) >= 11 is 3.20. The van der Waals surface area contributed by atoms with Gasteiger partial charge in [0.05, 0.1) is 5.56 Å². The maximum absolute atomic E-state index is 13.0. The van der Waals surface area contributed by atoms with Crippen molar-refractivity contribution in [2.24, 2.45) is 0 Å². The van der Waals surface area contributed by atoms with Crippen molar-refractivity contribution < 1.29 is 13.6 Å². The van der Waals surface area contributed by atoms with E-state index < -0.39 is 17.5 Å². The second kappa shape index (κ2) is 6.62. The molecule has 4 nitrogen and oxygen atoms in total. The average Bonchev–Trinajstić information content (AvgIpc) is 2.40. The van der Waals surface area contributed by atoms with E-state index in [0.717, 1.165) is 6.07 Å². The Bertz CT molecular complexity index is 659. The number of hydrogen-bond acceptors (Lipinski definition) is 3. The van der Waals surface area contributed by atoms with E-state index in [9.17, 15) is 13.6 Å². The number of halogens is 3. The van der Waals surface area contributed by atoms with Gasteiger partial charge in [-0.2, -0.15) is 0 Å². The van der Waals surface area contributed by atoms with Crippen LogP contribution in [0.3, 0.4) is 0 Å². The zero-order valence-electron chi connectivity index (χ0n) is 10.9. The van der Waals surface area contributed by atoms with Crippen LogP contribution < -0.4 is 11.1 Å². The Labute approximate surface area is 128 Å². The summed E-state index contributed by atoms with van der Waals surface area (Å²) in [5.74, 6) is -1.56. The first-order valence-corrected chi connectivity index (χ1v) is 6.89. The molecule has 21 heavy (non-hydrogen) atoms. The topological polar surface area (TPSA) is 68.0 Å². The number of aromatic nitrogens is 1. The Hall–Kier alpha value is -2.02. The predicted octanol–water partition coefficient (Wildman–Crippen LogP) is 2.68. The van der Waals surface area contributed by atoms with Crippen molar-refractivity contribution in [3.05, 3.63) is 57.7 Å². The monoisotopic (exact) mass is 355 g/mol. The van der Waals surface area contributed by atoms with Crippen LogP contribution in [-0.4, -0.2) is 17.4 Å². The van der Waals surface area contributed by atoms with E-state index >= 15 is 0 Å². The van der Waals surface area contributed by atoms with Gasteiger partial charge in [-0.1, -0.05) is 0 Å². The molecule has 0 aliphatic rings. The van der Waals surface area contributed by atoms with Crippen molar-refractivity contribution in [1.29, 1.82) is 0 Å². The van der Waals surface area contributed by atoms with Crippen LogP contribution in [0.4, 0.5) is 14.6 Å². The van der Waals surface area contributed by atoms with Crippen LogP contribution in [0.1, 0.15) is 15.9 Å². The molecule has 0 fully saturated rings. The molecular formula is C14H12BrF2N3O. The number of nitrogen functional groups attached to an aromatic ring is 1. The first kappa shape index (κ1) is 15.4. The highest BCUT2D eigenvalue weighted by molar-refractivity contribution is 9.10. The van der Waals surface area contributed by atoms with Crippen molar-refractivity contribution >= 4 is 27.7 Å². The summed E-state index contributed by atoms with van der Waals surface area (Å²) in [5, 5.41) is 2.63. The molecule has 1 amide bonds. The second-order valence-corrected chi connectivity index (χ2v) is 5.29. The summed E-state index contributed by atoms with van der Waals surface area (Å²) < 4.78 is 26.7. The fourth-order valence-corrected chi connectivity index (χ4v) is 2.13. The second-order valence-electron chi connectivity index (χ2n) is 4.37. The van der Waals surface area contributed by atoms with Gasteiger partial charge in [-0.05, 0) is 46.1 Å². The third-order valence-corrected chi connectivity index (χ3v) is 3.19. The van der Waals surface area contributed by atoms with E-state index in [1.165, 1.54) is 18.3 Å². The molecular weight excluding hydrogens is 344 g/mol. The van der Waals surface area contributed by atoms with Crippen molar-refractivity contribution in [2.75, 3.05) is 12.3 Å². The molecule has 110 valence electrons. The summed E-state index contributed by atoms with van der Waals surface area (Å²) in [5.41, 5.74) is 6.33. The largest absolute Gasteiger partial charge is 0.383 e. The number of carbonyl (C=O) groups excluding carboxylic acids is 1. The molecule has 0 saturated carbocycles. The molecule has 2 rings (SSSR count). The zero-order valence-corrected chi connectivity index (χ0v) is 12.5. The Morgan fingerprint density at radius 3 is 2.57 bits per heavy atom. The molecule has 1 heterocycles. The summed E-state index contributed by atoms with van der Waals surface area (Å²) in [4.78, 5) is 15.8. The summed E-state index contributed by atoms with van der Waals surface area (Å²) in [6, 6.07) is 4.81. The van der Waals surface area contributed by atoms with E-state index in [1.807, 2.05) is 0 Å². The number of amides is 1. The molecule has 0 unspecified atom stereocenters. The minimum atomic E-state index is -0.642. The highest BCUT2D eigenvalue weighted by Gasteiger charge is 2.11. The minimum Gasteiger partial charge on any atom is -0.383 e. The lowest BCUT2D eigenvalue weighted by atomic mass is 10.1. The van der Waals surface area contributed by atoms with Gasteiger partial charge in [-0.3, -0.25) is 4.79 Å². The molecule has 1 aromatic carbocycles. The van der Waals surface area contributed by atoms with E-state index in [0.29, 0.717) is 16.5 Å². The van der Waals surface area contributed by atoms with E-state index in [1.54, 1.807) is 6.07 Å². The average molecular weight is 356 g/mol.